The molecule has 0 nitrogen and oxygen atoms in total. The normalized spacial score (nSPS) is 16.4. The quantitative estimate of drug-likeness (QED) is 0.402. The van der Waals surface area contributed by atoms with E-state index in [9.17, 15) is 0 Å². The summed E-state index contributed by atoms with van der Waals surface area (Å²) in [6, 6.07) is 13.7. The van der Waals surface area contributed by atoms with Crippen molar-refractivity contribution >= 4 is 19.6 Å². The molecule has 0 unspecified atom stereocenters. The molecule has 0 heterocycles. The fourth-order valence-corrected chi connectivity index (χ4v) is 6.38. The molecule has 1 radical (unpaired) electrons. The fraction of sp³-hybridized carbons (Fsp3) is 0.393. The van der Waals surface area contributed by atoms with Gasteiger partial charge >= 0.3 is 0 Å². The fourth-order valence-electron chi connectivity index (χ4n) is 4.98. The highest BCUT2D eigenvalue weighted by Crippen LogP contribution is 2.49. The van der Waals surface area contributed by atoms with E-state index in [-0.39, 0.29) is 10.8 Å². The molecule has 0 aromatic heterocycles. The average Bonchev–Trinajstić information content (AvgIpc) is 3.22. The second-order valence-corrected chi connectivity index (χ2v) is 14.0. The molecule has 4 rings (SSSR count). The summed E-state index contributed by atoms with van der Waals surface area (Å²) in [5.74, 6) is 0. The van der Waals surface area contributed by atoms with Gasteiger partial charge in [0.15, 0.2) is 0 Å². The van der Waals surface area contributed by atoms with Crippen LogP contribution in [0.4, 0.5) is 0 Å². The van der Waals surface area contributed by atoms with E-state index in [0.717, 1.165) is 6.42 Å². The highest BCUT2D eigenvalue weighted by atomic mass is 28.3. The number of allylic oxidation sites excluding steroid dienone is 4. The number of hydrogen-bond acceptors (Lipinski definition) is 0. The number of benzene rings is 2. The Morgan fingerprint density at radius 3 is 2.07 bits per heavy atom. The van der Waals surface area contributed by atoms with Crippen LogP contribution in [-0.2, 0) is 0 Å². The highest BCUT2D eigenvalue weighted by Gasteiger charge is 2.34. The first-order valence-electron chi connectivity index (χ1n) is 11.0. The van der Waals surface area contributed by atoms with Crippen LogP contribution in [0.15, 0.2) is 53.6 Å². The zero-order chi connectivity index (χ0) is 21.1. The van der Waals surface area contributed by atoms with E-state index in [2.05, 4.69) is 104 Å². The Kier molecular flexibility index (Phi) is 4.81. The summed E-state index contributed by atoms with van der Waals surface area (Å²) in [4.78, 5) is 0. The van der Waals surface area contributed by atoms with Gasteiger partial charge in [-0.15, -0.1) is 0 Å². The van der Waals surface area contributed by atoms with E-state index in [1.54, 1.807) is 21.9 Å². The Labute approximate surface area is 179 Å². The second-order valence-electron chi connectivity index (χ2n) is 11.1. The van der Waals surface area contributed by atoms with E-state index < -0.39 is 8.80 Å². The van der Waals surface area contributed by atoms with Crippen LogP contribution in [0.5, 0.6) is 0 Å². The first-order valence-corrected chi connectivity index (χ1v) is 13.9. The van der Waals surface area contributed by atoms with Crippen molar-refractivity contribution in [3.63, 3.8) is 0 Å². The van der Waals surface area contributed by atoms with Crippen LogP contribution >= 0.6 is 0 Å². The molecule has 0 bridgehead atoms. The second kappa shape index (κ2) is 6.84. The number of fused-ring (bicyclic) bond motifs is 3. The smallest absolute Gasteiger partial charge is 0.0655 e. The van der Waals surface area contributed by atoms with Crippen molar-refractivity contribution in [3.05, 3.63) is 76.7 Å². The lowest BCUT2D eigenvalue weighted by molar-refractivity contribution is 0.453. The molecule has 2 aromatic carbocycles. The minimum absolute atomic E-state index is 0.171. The molecule has 0 amide bonds. The van der Waals surface area contributed by atoms with Crippen LogP contribution in [0.1, 0.15) is 64.7 Å². The van der Waals surface area contributed by atoms with Crippen LogP contribution in [0, 0.1) is 17.3 Å². The van der Waals surface area contributed by atoms with Crippen molar-refractivity contribution in [2.45, 2.75) is 61.1 Å². The Morgan fingerprint density at radius 2 is 1.48 bits per heavy atom. The molecule has 151 valence electrons. The lowest BCUT2D eigenvalue weighted by atomic mass is 9.76. The van der Waals surface area contributed by atoms with Gasteiger partial charge < -0.3 is 0 Å². The molecule has 1 heteroatoms. The van der Waals surface area contributed by atoms with Crippen LogP contribution in [0.2, 0.25) is 13.1 Å². The van der Waals surface area contributed by atoms with E-state index in [4.69, 9.17) is 0 Å². The van der Waals surface area contributed by atoms with E-state index in [0.29, 0.717) is 0 Å². The summed E-state index contributed by atoms with van der Waals surface area (Å²) in [6.45, 7) is 19.1. The largest absolute Gasteiger partial charge is 0.0682 e. The van der Waals surface area contributed by atoms with Gasteiger partial charge in [0, 0.05) is 6.42 Å². The first-order chi connectivity index (χ1) is 13.5. The Balaban J connectivity index is 1.91. The SMILES string of the molecule is C[SiH](C)c1ccc2c(c1C1=CC(C(C)(C)C)=C(C(C)(C)C)C1)[CH]c1ccccc1-2. The van der Waals surface area contributed by atoms with Gasteiger partial charge in [-0.05, 0) is 56.2 Å². The minimum atomic E-state index is -0.961. The maximum Gasteiger partial charge on any atom is 0.0655 e. The zero-order valence-electron chi connectivity index (χ0n) is 19.4. The highest BCUT2D eigenvalue weighted by molar-refractivity contribution is 6.71. The van der Waals surface area contributed by atoms with Crippen LogP contribution in [0.25, 0.3) is 16.7 Å². The third kappa shape index (κ3) is 3.48. The molecule has 0 aliphatic heterocycles. The summed E-state index contributed by atoms with van der Waals surface area (Å²) in [5.41, 5.74) is 12.2. The lowest BCUT2D eigenvalue weighted by Crippen LogP contribution is -2.27. The van der Waals surface area contributed by atoms with Crippen LogP contribution in [-0.4, -0.2) is 8.80 Å². The maximum absolute atomic E-state index is 2.55. The van der Waals surface area contributed by atoms with Gasteiger partial charge in [-0.2, -0.15) is 0 Å². The maximum atomic E-state index is 2.55. The van der Waals surface area contributed by atoms with Crippen molar-refractivity contribution in [3.8, 4) is 11.1 Å². The van der Waals surface area contributed by atoms with Gasteiger partial charge in [-0.1, -0.05) is 108 Å². The average molecular weight is 400 g/mol. The molecular weight excluding hydrogens is 364 g/mol. The monoisotopic (exact) mass is 399 g/mol. The molecule has 0 saturated carbocycles. The molecule has 0 fully saturated rings. The Morgan fingerprint density at radius 1 is 0.793 bits per heavy atom. The summed E-state index contributed by atoms with van der Waals surface area (Å²) in [7, 11) is -0.961. The zero-order valence-corrected chi connectivity index (χ0v) is 20.6. The molecule has 0 N–H and O–H groups in total. The van der Waals surface area contributed by atoms with E-state index in [1.165, 1.54) is 27.8 Å². The predicted molar refractivity (Wildman–Crippen MR) is 131 cm³/mol. The summed E-state index contributed by atoms with van der Waals surface area (Å²) in [5, 5.41) is 1.61. The molecule has 2 aromatic rings. The van der Waals surface area contributed by atoms with E-state index >= 15 is 0 Å². The van der Waals surface area contributed by atoms with Gasteiger partial charge in [0.05, 0.1) is 8.80 Å². The topological polar surface area (TPSA) is 0 Å². The molecular formula is C28H35Si. The third-order valence-electron chi connectivity index (χ3n) is 6.50. The summed E-state index contributed by atoms with van der Waals surface area (Å²) < 4.78 is 0. The molecule has 0 spiro atoms. The predicted octanol–water partition coefficient (Wildman–Crippen LogP) is 7.14. The van der Waals surface area contributed by atoms with Crippen molar-refractivity contribution < 1.29 is 0 Å². The van der Waals surface area contributed by atoms with Gasteiger partial charge in [-0.25, -0.2) is 0 Å². The van der Waals surface area contributed by atoms with Gasteiger partial charge in [0.2, 0.25) is 0 Å². The van der Waals surface area contributed by atoms with Crippen LogP contribution < -0.4 is 5.19 Å². The van der Waals surface area contributed by atoms with Gasteiger partial charge in [0.25, 0.3) is 0 Å². The summed E-state index contributed by atoms with van der Waals surface area (Å²) >= 11 is 0. The van der Waals surface area contributed by atoms with Gasteiger partial charge in [0.1, 0.15) is 0 Å². The first kappa shape index (κ1) is 20.4. The molecule has 29 heavy (non-hydrogen) atoms. The summed E-state index contributed by atoms with van der Waals surface area (Å²) in [6.07, 6.45) is 6.07. The van der Waals surface area contributed by atoms with Crippen molar-refractivity contribution in [1.82, 2.24) is 0 Å². The van der Waals surface area contributed by atoms with Gasteiger partial charge in [-0.3, -0.25) is 0 Å². The van der Waals surface area contributed by atoms with Crippen molar-refractivity contribution in [2.24, 2.45) is 10.8 Å². The molecule has 2 aliphatic rings. The molecule has 2 aliphatic carbocycles. The van der Waals surface area contributed by atoms with Crippen LogP contribution in [0.3, 0.4) is 0 Å². The molecule has 0 atom stereocenters. The molecule has 0 saturated heterocycles. The lowest BCUT2D eigenvalue weighted by Gasteiger charge is -2.29. The minimum Gasteiger partial charge on any atom is -0.0682 e. The third-order valence-corrected chi connectivity index (χ3v) is 8.22. The standard InChI is InChI=1S/C28H35Si/c1-27(2,3)23-16-19(17-24(23)28(4,5)6)26-22-15-18-11-9-10-12-20(18)21(22)13-14-25(26)29(7)8/h9-16,29H,17H2,1-8H3. The van der Waals surface area contributed by atoms with E-state index in [1.807, 2.05) is 0 Å². The number of rotatable bonds is 2. The Hall–Kier alpha value is -1.86. The number of hydrogen-bond donors (Lipinski definition) is 0. The Bertz CT molecular complexity index is 1030. The van der Waals surface area contributed by atoms with Crippen molar-refractivity contribution in [1.29, 1.82) is 0 Å². The van der Waals surface area contributed by atoms with Crippen molar-refractivity contribution in [2.75, 3.05) is 0 Å².